The molecule has 2 fully saturated rings. The first-order chi connectivity index (χ1) is 14.2. The Morgan fingerprint density at radius 2 is 2.10 bits per heavy atom. The maximum absolute atomic E-state index is 14.9. The van der Waals surface area contributed by atoms with Gasteiger partial charge in [-0.1, -0.05) is 18.2 Å². The number of halogens is 1. The van der Waals surface area contributed by atoms with Crippen LogP contribution in [0.3, 0.4) is 0 Å². The lowest BCUT2D eigenvalue weighted by molar-refractivity contribution is 0.0822. The highest BCUT2D eigenvalue weighted by atomic mass is 19.1. The summed E-state index contributed by atoms with van der Waals surface area (Å²) in [4.78, 5) is 19.8. The van der Waals surface area contributed by atoms with Gasteiger partial charge >= 0.3 is 0 Å². The van der Waals surface area contributed by atoms with Gasteiger partial charge in [0.15, 0.2) is 5.78 Å². The molecule has 2 aromatic carbocycles. The van der Waals surface area contributed by atoms with Gasteiger partial charge in [-0.2, -0.15) is 0 Å². The Kier molecular flexibility index (Phi) is 4.89. The molecule has 5 nitrogen and oxygen atoms in total. The number of fused-ring (bicyclic) bond motifs is 1. The fraction of sp³-hybridized carbons (Fsp3) is 0.391. The van der Waals surface area contributed by atoms with E-state index in [0.717, 1.165) is 55.5 Å². The Bertz CT molecular complexity index is 1040. The van der Waals surface area contributed by atoms with E-state index in [1.54, 1.807) is 12.4 Å². The van der Waals surface area contributed by atoms with E-state index >= 15 is 0 Å². The first-order valence-corrected chi connectivity index (χ1v) is 10.4. The first kappa shape index (κ1) is 18.5. The fourth-order valence-electron chi connectivity index (χ4n) is 4.80. The first-order valence-electron chi connectivity index (χ1n) is 10.4. The van der Waals surface area contributed by atoms with Gasteiger partial charge < -0.3 is 9.88 Å². The van der Waals surface area contributed by atoms with Gasteiger partial charge in [-0.3, -0.25) is 9.69 Å². The van der Waals surface area contributed by atoms with Gasteiger partial charge in [0.2, 0.25) is 0 Å². The number of para-hydroxylation sites is 2. The summed E-state index contributed by atoms with van der Waals surface area (Å²) in [6.07, 6.45) is 4.65. The van der Waals surface area contributed by atoms with Crippen LogP contribution in [0.1, 0.15) is 35.2 Å². The second-order valence-corrected chi connectivity index (χ2v) is 8.08. The van der Waals surface area contributed by atoms with Gasteiger partial charge in [0.05, 0.1) is 29.0 Å². The molecule has 0 radical (unpaired) electrons. The van der Waals surface area contributed by atoms with Crippen molar-refractivity contribution in [2.75, 3.05) is 19.6 Å². The number of ketones is 1. The highest BCUT2D eigenvalue weighted by Crippen LogP contribution is 2.27. The molecule has 2 unspecified atom stereocenters. The summed E-state index contributed by atoms with van der Waals surface area (Å²) in [6.45, 7) is 3.36. The van der Waals surface area contributed by atoms with Crippen molar-refractivity contribution in [2.24, 2.45) is 0 Å². The molecule has 0 saturated carbocycles. The van der Waals surface area contributed by atoms with Crippen LogP contribution in [0.25, 0.3) is 11.0 Å². The summed E-state index contributed by atoms with van der Waals surface area (Å²) in [5.41, 5.74) is 2.97. The van der Waals surface area contributed by atoms with Gasteiger partial charge in [0.25, 0.3) is 0 Å². The van der Waals surface area contributed by atoms with E-state index in [1.807, 2.05) is 34.9 Å². The van der Waals surface area contributed by atoms with Gasteiger partial charge in [-0.05, 0) is 62.2 Å². The highest BCUT2D eigenvalue weighted by molar-refractivity contribution is 6.00. The maximum Gasteiger partial charge on any atom is 0.182 e. The zero-order chi connectivity index (χ0) is 19.8. The van der Waals surface area contributed by atoms with Crippen molar-refractivity contribution in [3.63, 3.8) is 0 Å². The van der Waals surface area contributed by atoms with E-state index in [1.165, 1.54) is 6.07 Å². The van der Waals surface area contributed by atoms with Crippen molar-refractivity contribution in [1.29, 1.82) is 0 Å². The molecular weight excluding hydrogens is 367 g/mol. The van der Waals surface area contributed by atoms with Crippen LogP contribution < -0.4 is 5.32 Å². The number of benzene rings is 2. The summed E-state index contributed by atoms with van der Waals surface area (Å²) in [6, 6.07) is 13.1. The molecule has 29 heavy (non-hydrogen) atoms. The van der Waals surface area contributed by atoms with Crippen molar-refractivity contribution < 1.29 is 9.18 Å². The smallest absolute Gasteiger partial charge is 0.182 e. The molecule has 150 valence electrons. The van der Waals surface area contributed by atoms with E-state index in [0.29, 0.717) is 12.6 Å². The number of Topliss-reactive ketones (excluding diaryl/α,β-unsaturated/α-hetero) is 1. The lowest BCUT2D eigenvalue weighted by atomic mass is 9.99. The van der Waals surface area contributed by atoms with E-state index in [4.69, 9.17) is 0 Å². The minimum Gasteiger partial charge on any atom is -0.326 e. The van der Waals surface area contributed by atoms with Crippen molar-refractivity contribution in [1.82, 2.24) is 19.8 Å². The Morgan fingerprint density at radius 3 is 2.93 bits per heavy atom. The Morgan fingerprint density at radius 1 is 1.21 bits per heavy atom. The summed E-state index contributed by atoms with van der Waals surface area (Å²) < 4.78 is 16.9. The second-order valence-electron chi connectivity index (χ2n) is 8.08. The van der Waals surface area contributed by atoms with Crippen LogP contribution in [0.4, 0.5) is 4.39 Å². The second kappa shape index (κ2) is 7.69. The van der Waals surface area contributed by atoms with Gasteiger partial charge in [-0.15, -0.1) is 0 Å². The van der Waals surface area contributed by atoms with Crippen molar-refractivity contribution >= 4 is 16.8 Å². The zero-order valence-corrected chi connectivity index (χ0v) is 16.4. The third kappa shape index (κ3) is 3.47. The number of nitrogens with one attached hydrogen (secondary N) is 1. The SMILES string of the molecule is O=C(c1ccc(Cn2cnc3ccccc32)cc1F)C1CCCN1C1CCNC1. The molecule has 2 atom stereocenters. The minimum atomic E-state index is -0.423. The van der Waals surface area contributed by atoms with Crippen molar-refractivity contribution in [3.8, 4) is 0 Å². The van der Waals surface area contributed by atoms with Crippen LogP contribution in [-0.2, 0) is 6.54 Å². The maximum atomic E-state index is 14.9. The normalized spacial score (nSPS) is 22.5. The van der Waals surface area contributed by atoms with Crippen molar-refractivity contribution in [3.05, 3.63) is 65.7 Å². The summed E-state index contributed by atoms with van der Waals surface area (Å²) in [5, 5.41) is 3.37. The molecule has 3 aromatic rings. The monoisotopic (exact) mass is 392 g/mol. The molecule has 0 aliphatic carbocycles. The number of hydrogen-bond donors (Lipinski definition) is 1. The molecular formula is C23H25FN4O. The average molecular weight is 392 g/mol. The Balaban J connectivity index is 1.36. The number of imidazole rings is 1. The van der Waals surface area contributed by atoms with Crippen molar-refractivity contribution in [2.45, 2.75) is 37.9 Å². The molecule has 6 heteroatoms. The number of hydrogen-bond acceptors (Lipinski definition) is 4. The van der Waals surface area contributed by atoms with Gasteiger partial charge in [0.1, 0.15) is 5.82 Å². The lowest BCUT2D eigenvalue weighted by Crippen LogP contribution is -2.44. The number of nitrogens with zero attached hydrogens (tertiary/aromatic N) is 3. The molecule has 1 N–H and O–H groups in total. The summed E-state index contributed by atoms with van der Waals surface area (Å²) >= 11 is 0. The van der Waals surface area contributed by atoms with Crippen LogP contribution in [0.2, 0.25) is 0 Å². The van der Waals surface area contributed by atoms with E-state index in [-0.39, 0.29) is 17.4 Å². The van der Waals surface area contributed by atoms with Crippen LogP contribution in [-0.4, -0.2) is 52.0 Å². The Hall–Kier alpha value is -2.57. The number of likely N-dealkylation sites (tertiary alicyclic amines) is 1. The van der Waals surface area contributed by atoms with E-state index < -0.39 is 5.82 Å². The Labute approximate surface area is 169 Å². The lowest BCUT2D eigenvalue weighted by Gasteiger charge is -2.29. The van der Waals surface area contributed by atoms with Gasteiger partial charge in [0, 0.05) is 19.1 Å². The number of carbonyl (C=O) groups excluding carboxylic acids is 1. The predicted octanol–water partition coefficient (Wildman–Crippen LogP) is 3.23. The van der Waals surface area contributed by atoms with Crippen LogP contribution in [0.15, 0.2) is 48.8 Å². The van der Waals surface area contributed by atoms with Crippen LogP contribution in [0, 0.1) is 5.82 Å². The minimum absolute atomic E-state index is 0.0773. The van der Waals surface area contributed by atoms with E-state index in [9.17, 15) is 9.18 Å². The standard InChI is InChI=1S/C23H25FN4O/c24-19-12-16(14-27-15-26-20-4-1-2-5-21(20)27)7-8-18(19)23(29)22-6-3-11-28(22)17-9-10-25-13-17/h1-2,4-5,7-8,12,15,17,22,25H,3,6,9-11,13-14H2. The number of rotatable bonds is 5. The van der Waals surface area contributed by atoms with Crippen LogP contribution in [0.5, 0.6) is 0 Å². The highest BCUT2D eigenvalue weighted by Gasteiger charge is 2.37. The largest absolute Gasteiger partial charge is 0.326 e. The molecule has 0 spiro atoms. The predicted molar refractivity (Wildman–Crippen MR) is 111 cm³/mol. The number of aromatic nitrogens is 2. The molecule has 2 aliphatic rings. The molecule has 0 amide bonds. The molecule has 2 aliphatic heterocycles. The number of carbonyl (C=O) groups is 1. The molecule has 5 rings (SSSR count). The third-order valence-corrected chi connectivity index (χ3v) is 6.28. The third-order valence-electron chi connectivity index (χ3n) is 6.28. The van der Waals surface area contributed by atoms with Gasteiger partial charge in [-0.25, -0.2) is 9.37 Å². The average Bonchev–Trinajstić information content (AvgIpc) is 3.48. The van der Waals surface area contributed by atoms with E-state index in [2.05, 4.69) is 15.2 Å². The van der Waals surface area contributed by atoms with Crippen LogP contribution >= 0.6 is 0 Å². The molecule has 3 heterocycles. The molecule has 2 saturated heterocycles. The summed E-state index contributed by atoms with van der Waals surface area (Å²) in [7, 11) is 0. The summed E-state index contributed by atoms with van der Waals surface area (Å²) in [5.74, 6) is -0.500. The zero-order valence-electron chi connectivity index (χ0n) is 16.4. The fourth-order valence-corrected chi connectivity index (χ4v) is 4.80. The topological polar surface area (TPSA) is 50.2 Å². The molecule has 0 bridgehead atoms. The molecule has 1 aromatic heterocycles. The quantitative estimate of drug-likeness (QED) is 0.678.